The number of aromatic amines is 1. The molecule has 0 unspecified atom stereocenters. The predicted octanol–water partition coefficient (Wildman–Crippen LogP) is 2.63. The van der Waals surface area contributed by atoms with Gasteiger partial charge < -0.3 is 14.9 Å². The number of hydrogen-bond donors (Lipinski definition) is 2. The highest BCUT2D eigenvalue weighted by atomic mass is 35.5. The average Bonchev–Trinajstić information content (AvgIpc) is 3.05. The third-order valence-electron chi connectivity index (χ3n) is 5.48. The number of hydrazine groups is 1. The molecule has 0 fully saturated rings. The topological polar surface area (TPSA) is 68.4 Å². The number of aryl methyl sites for hydroxylation is 2. The summed E-state index contributed by atoms with van der Waals surface area (Å²) in [5.74, 6) is -0.123. The monoisotopic (exact) mass is 398 g/mol. The lowest BCUT2D eigenvalue weighted by molar-refractivity contribution is 0.0726. The zero-order valence-electron chi connectivity index (χ0n) is 16.2. The van der Waals surface area contributed by atoms with Crippen LogP contribution in [0.5, 0.6) is 0 Å². The molecule has 2 aliphatic rings. The molecule has 0 aliphatic carbocycles. The summed E-state index contributed by atoms with van der Waals surface area (Å²) >= 11 is 6.71. The third-order valence-corrected chi connectivity index (χ3v) is 5.88. The van der Waals surface area contributed by atoms with Gasteiger partial charge in [0, 0.05) is 37.0 Å². The summed E-state index contributed by atoms with van der Waals surface area (Å²) in [6, 6.07) is 5.90. The molecule has 7 heteroatoms. The lowest BCUT2D eigenvalue weighted by Crippen LogP contribution is -2.39. The molecule has 1 amide bonds. The standard InChI is InChI=1S/C21H23ClN4O2/c1-12-10-13(2)24-20(27)16(12)11-26-9-7-14-4-5-15(17-6-8-23-25(17)3)19(22)18(14)21(26)28/h4-6,10,23H,7-9,11H2,1-3H3,(H,24,27). The second-order valence-electron chi connectivity index (χ2n) is 7.39. The van der Waals surface area contributed by atoms with Gasteiger partial charge in [-0.15, -0.1) is 0 Å². The molecule has 28 heavy (non-hydrogen) atoms. The van der Waals surface area contributed by atoms with E-state index in [1.807, 2.05) is 50.2 Å². The highest BCUT2D eigenvalue weighted by molar-refractivity contribution is 6.35. The highest BCUT2D eigenvalue weighted by Crippen LogP contribution is 2.35. The quantitative estimate of drug-likeness (QED) is 0.834. The van der Waals surface area contributed by atoms with Crippen LogP contribution in [-0.2, 0) is 13.0 Å². The van der Waals surface area contributed by atoms with Crippen LogP contribution in [0.25, 0.3) is 5.70 Å². The van der Waals surface area contributed by atoms with Gasteiger partial charge >= 0.3 is 0 Å². The van der Waals surface area contributed by atoms with Crippen molar-refractivity contribution in [3.8, 4) is 0 Å². The first-order valence-electron chi connectivity index (χ1n) is 9.34. The number of benzene rings is 1. The summed E-state index contributed by atoms with van der Waals surface area (Å²) < 4.78 is 0. The maximum atomic E-state index is 13.3. The molecule has 2 aliphatic heterocycles. The first kappa shape index (κ1) is 18.8. The number of aromatic nitrogens is 1. The van der Waals surface area contributed by atoms with Gasteiger partial charge in [0.1, 0.15) is 0 Å². The molecule has 0 atom stereocenters. The molecule has 2 aromatic rings. The van der Waals surface area contributed by atoms with Crippen LogP contribution in [0.1, 0.15) is 38.3 Å². The number of nitrogens with zero attached hydrogens (tertiary/aromatic N) is 2. The van der Waals surface area contributed by atoms with E-state index in [9.17, 15) is 9.59 Å². The molecular weight excluding hydrogens is 376 g/mol. The fraction of sp³-hybridized carbons (Fsp3) is 0.333. The Kier molecular flexibility index (Phi) is 4.77. The normalized spacial score (nSPS) is 16.4. The van der Waals surface area contributed by atoms with Gasteiger partial charge in [-0.25, -0.2) is 5.43 Å². The SMILES string of the molecule is Cc1cc(C)c(CN2CCc3ccc(C4=CCNN4C)c(Cl)c3C2=O)c(=O)[nH]1. The van der Waals surface area contributed by atoms with Gasteiger partial charge in [0.05, 0.1) is 22.8 Å². The minimum Gasteiger partial charge on any atom is -0.334 e. The summed E-state index contributed by atoms with van der Waals surface area (Å²) in [4.78, 5) is 30.2. The van der Waals surface area contributed by atoms with E-state index in [-0.39, 0.29) is 18.0 Å². The van der Waals surface area contributed by atoms with Crippen LogP contribution in [0.15, 0.2) is 29.1 Å². The molecule has 4 rings (SSSR count). The Balaban J connectivity index is 1.69. The smallest absolute Gasteiger partial charge is 0.255 e. The lowest BCUT2D eigenvalue weighted by atomic mass is 9.94. The van der Waals surface area contributed by atoms with E-state index in [0.29, 0.717) is 22.7 Å². The summed E-state index contributed by atoms with van der Waals surface area (Å²) in [7, 11) is 1.93. The Bertz CT molecular complexity index is 1060. The molecular formula is C21H23ClN4O2. The minimum absolute atomic E-state index is 0.123. The van der Waals surface area contributed by atoms with Crippen molar-refractivity contribution in [1.29, 1.82) is 0 Å². The van der Waals surface area contributed by atoms with E-state index < -0.39 is 0 Å². The molecule has 0 saturated carbocycles. The van der Waals surface area contributed by atoms with E-state index in [0.717, 1.165) is 41.0 Å². The van der Waals surface area contributed by atoms with Crippen LogP contribution < -0.4 is 11.0 Å². The number of fused-ring (bicyclic) bond motifs is 1. The van der Waals surface area contributed by atoms with Gasteiger partial charge in [-0.2, -0.15) is 0 Å². The second kappa shape index (κ2) is 7.11. The maximum absolute atomic E-state index is 13.3. The first-order chi connectivity index (χ1) is 13.4. The number of halogens is 1. The molecule has 2 N–H and O–H groups in total. The van der Waals surface area contributed by atoms with E-state index in [4.69, 9.17) is 11.6 Å². The number of carbonyl (C=O) groups is 1. The van der Waals surface area contributed by atoms with Gasteiger partial charge in [-0.05, 0) is 43.5 Å². The van der Waals surface area contributed by atoms with Crippen LogP contribution >= 0.6 is 11.6 Å². The third kappa shape index (κ3) is 3.12. The van der Waals surface area contributed by atoms with E-state index >= 15 is 0 Å². The Morgan fingerprint density at radius 3 is 2.68 bits per heavy atom. The fourth-order valence-electron chi connectivity index (χ4n) is 3.98. The zero-order chi connectivity index (χ0) is 20.0. The zero-order valence-corrected chi connectivity index (χ0v) is 17.0. The Morgan fingerprint density at radius 2 is 2.00 bits per heavy atom. The van der Waals surface area contributed by atoms with Gasteiger partial charge in [0.2, 0.25) is 0 Å². The highest BCUT2D eigenvalue weighted by Gasteiger charge is 2.30. The van der Waals surface area contributed by atoms with Crippen molar-refractivity contribution in [2.24, 2.45) is 0 Å². The Labute approximate surface area is 168 Å². The number of amides is 1. The van der Waals surface area contributed by atoms with Crippen molar-refractivity contribution in [3.05, 3.63) is 73.2 Å². The number of H-pyrrole nitrogens is 1. The van der Waals surface area contributed by atoms with Crippen molar-refractivity contribution in [1.82, 2.24) is 20.3 Å². The summed E-state index contributed by atoms with van der Waals surface area (Å²) in [6.45, 7) is 5.34. The fourth-order valence-corrected chi connectivity index (χ4v) is 4.34. The van der Waals surface area contributed by atoms with Crippen LogP contribution in [-0.4, -0.2) is 40.9 Å². The predicted molar refractivity (Wildman–Crippen MR) is 110 cm³/mol. The largest absolute Gasteiger partial charge is 0.334 e. The van der Waals surface area contributed by atoms with E-state index in [1.54, 1.807) is 4.90 Å². The molecule has 0 spiro atoms. The molecule has 146 valence electrons. The van der Waals surface area contributed by atoms with Crippen LogP contribution in [0.4, 0.5) is 0 Å². The number of rotatable bonds is 3. The molecule has 0 radical (unpaired) electrons. The number of carbonyl (C=O) groups excluding carboxylic acids is 1. The van der Waals surface area contributed by atoms with E-state index in [2.05, 4.69) is 10.4 Å². The summed E-state index contributed by atoms with van der Waals surface area (Å²) in [6.07, 6.45) is 2.77. The first-order valence-corrected chi connectivity index (χ1v) is 9.72. The van der Waals surface area contributed by atoms with Crippen molar-refractivity contribution in [2.45, 2.75) is 26.8 Å². The van der Waals surface area contributed by atoms with Gasteiger partial charge in [0.25, 0.3) is 11.5 Å². The van der Waals surface area contributed by atoms with Crippen molar-refractivity contribution in [3.63, 3.8) is 0 Å². The van der Waals surface area contributed by atoms with Crippen molar-refractivity contribution < 1.29 is 4.79 Å². The molecule has 1 aromatic heterocycles. The van der Waals surface area contributed by atoms with Gasteiger partial charge in [-0.3, -0.25) is 9.59 Å². The van der Waals surface area contributed by atoms with Crippen LogP contribution in [0.3, 0.4) is 0 Å². The summed E-state index contributed by atoms with van der Waals surface area (Å²) in [5, 5.41) is 2.39. The number of nitrogens with one attached hydrogen (secondary N) is 2. The minimum atomic E-state index is -0.139. The number of pyridine rings is 1. The summed E-state index contributed by atoms with van der Waals surface area (Å²) in [5.41, 5.74) is 8.69. The molecule has 0 bridgehead atoms. The Hall–Kier alpha value is -2.57. The van der Waals surface area contributed by atoms with Crippen LogP contribution in [0, 0.1) is 13.8 Å². The van der Waals surface area contributed by atoms with Gasteiger partial charge in [0.15, 0.2) is 0 Å². The van der Waals surface area contributed by atoms with Crippen molar-refractivity contribution in [2.75, 3.05) is 20.1 Å². The molecule has 6 nitrogen and oxygen atoms in total. The molecule has 0 saturated heterocycles. The van der Waals surface area contributed by atoms with Crippen molar-refractivity contribution >= 4 is 23.2 Å². The second-order valence-corrected chi connectivity index (χ2v) is 7.77. The Morgan fingerprint density at radius 1 is 1.21 bits per heavy atom. The maximum Gasteiger partial charge on any atom is 0.255 e. The molecule has 3 heterocycles. The van der Waals surface area contributed by atoms with Gasteiger partial charge in [-0.1, -0.05) is 23.7 Å². The van der Waals surface area contributed by atoms with Crippen LogP contribution in [0.2, 0.25) is 5.02 Å². The molecule has 1 aromatic carbocycles. The van der Waals surface area contributed by atoms with E-state index in [1.165, 1.54) is 0 Å². The lowest BCUT2D eigenvalue weighted by Gasteiger charge is -2.30. The average molecular weight is 399 g/mol. The number of hydrogen-bond acceptors (Lipinski definition) is 4.